The molecule has 0 bridgehead atoms. The molecule has 0 saturated heterocycles. The van der Waals surface area contributed by atoms with Crippen molar-refractivity contribution in [3.8, 4) is 0 Å². The van der Waals surface area contributed by atoms with Gasteiger partial charge in [0, 0.05) is 16.8 Å². The van der Waals surface area contributed by atoms with E-state index in [1.54, 1.807) is 54.9 Å². The van der Waals surface area contributed by atoms with E-state index in [0.717, 1.165) is 16.5 Å². The molecule has 0 aliphatic carbocycles. The molecule has 5 rings (SSSR count). The number of fused-ring (bicyclic) bond motifs is 1. The predicted octanol–water partition coefficient (Wildman–Crippen LogP) is 4.73. The maximum Gasteiger partial charge on any atom is 0.338 e. The molecule has 0 saturated carbocycles. The number of esters is 1. The van der Waals surface area contributed by atoms with E-state index in [2.05, 4.69) is 15.3 Å². The van der Waals surface area contributed by atoms with E-state index in [9.17, 15) is 9.59 Å². The van der Waals surface area contributed by atoms with Gasteiger partial charge in [-0.05, 0) is 55.0 Å². The predicted molar refractivity (Wildman–Crippen MR) is 122 cm³/mol. The quantitative estimate of drug-likeness (QED) is 0.432. The molecule has 2 aromatic heterocycles. The highest BCUT2D eigenvalue weighted by molar-refractivity contribution is 6.30. The summed E-state index contributed by atoms with van der Waals surface area (Å²) in [6.45, 7) is 1.53. The third-order valence-electron chi connectivity index (χ3n) is 5.49. The Hall–Kier alpha value is -3.91. The molecule has 1 aliphatic rings. The molecule has 1 N–H and O–H groups in total. The minimum absolute atomic E-state index is 0.331. The van der Waals surface area contributed by atoms with Gasteiger partial charge in [-0.25, -0.2) is 9.80 Å². The fraction of sp³-hybridized carbons (Fsp3) is 0.167. The summed E-state index contributed by atoms with van der Waals surface area (Å²) in [5, 5.41) is 14.0. The molecule has 33 heavy (non-hydrogen) atoms. The minimum atomic E-state index is -1.05. The molecule has 2 aromatic carbocycles. The summed E-state index contributed by atoms with van der Waals surface area (Å²) in [7, 11) is 0. The van der Waals surface area contributed by atoms with Gasteiger partial charge in [0.25, 0.3) is 5.91 Å². The normalized spacial score (nSPS) is 16.6. The van der Waals surface area contributed by atoms with Crippen molar-refractivity contribution in [3.63, 3.8) is 0 Å². The van der Waals surface area contributed by atoms with Crippen LogP contribution in [0.15, 0.2) is 76.6 Å². The molecule has 8 nitrogen and oxygen atoms in total. The summed E-state index contributed by atoms with van der Waals surface area (Å²) < 4.78 is 11.0. The molecule has 3 heterocycles. The number of rotatable bonds is 5. The van der Waals surface area contributed by atoms with E-state index in [4.69, 9.17) is 20.8 Å². The second kappa shape index (κ2) is 8.55. The average molecular weight is 463 g/mol. The van der Waals surface area contributed by atoms with Crippen LogP contribution in [0.3, 0.4) is 0 Å². The Morgan fingerprint density at radius 3 is 2.79 bits per heavy atom. The van der Waals surface area contributed by atoms with Gasteiger partial charge >= 0.3 is 5.97 Å². The highest BCUT2D eigenvalue weighted by Gasteiger charge is 2.38. The van der Waals surface area contributed by atoms with E-state index in [1.807, 2.05) is 12.1 Å². The van der Waals surface area contributed by atoms with Crippen LogP contribution >= 0.6 is 11.6 Å². The van der Waals surface area contributed by atoms with Crippen molar-refractivity contribution in [2.24, 2.45) is 5.10 Å². The molecule has 9 heteroatoms. The van der Waals surface area contributed by atoms with E-state index in [0.29, 0.717) is 28.5 Å². The summed E-state index contributed by atoms with van der Waals surface area (Å²) in [6.07, 6.45) is 2.57. The van der Waals surface area contributed by atoms with E-state index in [-0.39, 0.29) is 0 Å². The second-order valence-electron chi connectivity index (χ2n) is 7.69. The first-order valence-corrected chi connectivity index (χ1v) is 10.7. The third kappa shape index (κ3) is 4.12. The van der Waals surface area contributed by atoms with Crippen molar-refractivity contribution >= 4 is 40.1 Å². The number of amides is 1. The zero-order valence-electron chi connectivity index (χ0n) is 17.6. The van der Waals surface area contributed by atoms with Crippen LogP contribution in [0, 0.1) is 0 Å². The van der Waals surface area contributed by atoms with Crippen LogP contribution in [0.1, 0.15) is 41.1 Å². The zero-order chi connectivity index (χ0) is 22.9. The van der Waals surface area contributed by atoms with Crippen molar-refractivity contribution in [3.05, 3.63) is 89.0 Å². The number of H-pyrrole nitrogens is 1. The molecule has 2 atom stereocenters. The Labute approximate surface area is 193 Å². The fourth-order valence-corrected chi connectivity index (χ4v) is 3.89. The standard InChI is InChI=1S/C24H19ClN4O4/c1-14(33-24(31)16-6-9-19-17(11-16)13-26-27-19)23(30)29-21(22-3-2-10-32-22)12-20(28-29)15-4-7-18(25)8-5-15/h2-11,13-14,21H,12H2,1H3,(H,26,27)/t14-,21-/m0/s1. The lowest BCUT2D eigenvalue weighted by atomic mass is 10.0. The van der Waals surface area contributed by atoms with Crippen LogP contribution in [-0.2, 0) is 9.53 Å². The summed E-state index contributed by atoms with van der Waals surface area (Å²) >= 11 is 6.00. The lowest BCUT2D eigenvalue weighted by Gasteiger charge is -2.23. The first kappa shape index (κ1) is 21.0. The van der Waals surface area contributed by atoms with Crippen LogP contribution in [0.2, 0.25) is 5.02 Å². The van der Waals surface area contributed by atoms with Gasteiger partial charge < -0.3 is 9.15 Å². The van der Waals surface area contributed by atoms with E-state index < -0.39 is 24.0 Å². The summed E-state index contributed by atoms with van der Waals surface area (Å²) in [5.74, 6) is -0.451. The van der Waals surface area contributed by atoms with Crippen molar-refractivity contribution in [2.75, 3.05) is 0 Å². The number of halogens is 1. The van der Waals surface area contributed by atoms with Gasteiger partial charge in [0.05, 0.1) is 29.3 Å². The summed E-state index contributed by atoms with van der Waals surface area (Å²) in [4.78, 5) is 26.0. The molecular formula is C24H19ClN4O4. The highest BCUT2D eigenvalue weighted by atomic mass is 35.5. The van der Waals surface area contributed by atoms with Crippen molar-refractivity contribution in [1.29, 1.82) is 0 Å². The number of benzene rings is 2. The number of nitrogens with zero attached hydrogens (tertiary/aromatic N) is 3. The third-order valence-corrected chi connectivity index (χ3v) is 5.74. The SMILES string of the molecule is C[C@H](OC(=O)c1ccc2[nH]ncc2c1)C(=O)N1N=C(c2ccc(Cl)cc2)C[C@H]1c1ccco1. The number of hydrogen-bond acceptors (Lipinski definition) is 6. The number of furan rings is 1. The number of aromatic nitrogens is 2. The number of ether oxygens (including phenoxy) is 1. The van der Waals surface area contributed by atoms with Gasteiger partial charge in [0.1, 0.15) is 11.8 Å². The molecular weight excluding hydrogens is 444 g/mol. The molecule has 1 amide bonds. The zero-order valence-corrected chi connectivity index (χ0v) is 18.3. The monoisotopic (exact) mass is 462 g/mol. The topological polar surface area (TPSA) is 101 Å². The number of aromatic amines is 1. The largest absolute Gasteiger partial charge is 0.467 e. The number of hydrazone groups is 1. The van der Waals surface area contributed by atoms with Gasteiger partial charge in [0.15, 0.2) is 6.10 Å². The van der Waals surface area contributed by atoms with Crippen molar-refractivity contribution < 1.29 is 18.7 Å². The number of hydrogen-bond donors (Lipinski definition) is 1. The number of carbonyl (C=O) groups is 2. The molecule has 0 fully saturated rings. The Morgan fingerprint density at radius 2 is 2.03 bits per heavy atom. The Kier molecular flexibility index (Phi) is 5.43. The lowest BCUT2D eigenvalue weighted by molar-refractivity contribution is -0.142. The summed E-state index contributed by atoms with van der Waals surface area (Å²) in [5.41, 5.74) is 2.70. The molecule has 0 unspecified atom stereocenters. The van der Waals surface area contributed by atoms with Crippen LogP contribution in [0.5, 0.6) is 0 Å². The smallest absolute Gasteiger partial charge is 0.338 e. The van der Waals surface area contributed by atoms with Gasteiger partial charge in [0.2, 0.25) is 0 Å². The average Bonchev–Trinajstić information content (AvgIpc) is 3.58. The van der Waals surface area contributed by atoms with Gasteiger partial charge in [-0.15, -0.1) is 0 Å². The van der Waals surface area contributed by atoms with Gasteiger partial charge in [-0.1, -0.05) is 23.7 Å². The van der Waals surface area contributed by atoms with E-state index >= 15 is 0 Å². The van der Waals surface area contributed by atoms with Crippen LogP contribution in [0.25, 0.3) is 10.9 Å². The number of carbonyl (C=O) groups excluding carboxylic acids is 2. The van der Waals surface area contributed by atoms with E-state index in [1.165, 1.54) is 11.9 Å². The van der Waals surface area contributed by atoms with Crippen LogP contribution in [-0.4, -0.2) is 38.9 Å². The molecule has 4 aromatic rings. The Bertz CT molecular complexity index is 1340. The maximum absolute atomic E-state index is 13.3. The summed E-state index contributed by atoms with van der Waals surface area (Å²) in [6, 6.07) is 15.4. The molecule has 0 radical (unpaired) electrons. The van der Waals surface area contributed by atoms with Gasteiger partial charge in [-0.3, -0.25) is 9.89 Å². The highest BCUT2D eigenvalue weighted by Crippen LogP contribution is 2.34. The van der Waals surface area contributed by atoms with Crippen molar-refractivity contribution in [2.45, 2.75) is 25.5 Å². The van der Waals surface area contributed by atoms with Crippen LogP contribution in [0.4, 0.5) is 0 Å². The lowest BCUT2D eigenvalue weighted by Crippen LogP contribution is -2.37. The Balaban J connectivity index is 1.37. The molecule has 166 valence electrons. The molecule has 1 aliphatic heterocycles. The molecule has 0 spiro atoms. The van der Waals surface area contributed by atoms with Crippen LogP contribution < -0.4 is 0 Å². The van der Waals surface area contributed by atoms with Crippen molar-refractivity contribution in [1.82, 2.24) is 15.2 Å². The number of nitrogens with one attached hydrogen (secondary N) is 1. The maximum atomic E-state index is 13.3. The van der Waals surface area contributed by atoms with Gasteiger partial charge in [-0.2, -0.15) is 10.2 Å². The second-order valence-corrected chi connectivity index (χ2v) is 8.13. The fourth-order valence-electron chi connectivity index (χ4n) is 3.77. The first-order chi connectivity index (χ1) is 16.0. The Morgan fingerprint density at radius 1 is 1.21 bits per heavy atom. The first-order valence-electron chi connectivity index (χ1n) is 10.3. The minimum Gasteiger partial charge on any atom is -0.467 e.